The molecule has 0 aliphatic rings. The van der Waals surface area contributed by atoms with E-state index in [2.05, 4.69) is 10.1 Å². The highest BCUT2D eigenvalue weighted by atomic mass is 16.5. The lowest BCUT2D eigenvalue weighted by molar-refractivity contribution is 0.0699. The minimum Gasteiger partial charge on any atom is -0.493 e. The molecule has 3 aromatic rings. The molecule has 0 aliphatic heterocycles. The van der Waals surface area contributed by atoms with Crippen LogP contribution in [0.5, 0.6) is 11.5 Å². The molecule has 0 radical (unpaired) electrons. The Morgan fingerprint density at radius 3 is 2.43 bits per heavy atom. The van der Waals surface area contributed by atoms with E-state index in [1.165, 1.54) is 20.3 Å². The molecule has 3 rings (SSSR count). The molecule has 0 aliphatic carbocycles. The molecule has 1 aromatic carbocycles. The molecule has 118 valence electrons. The maximum Gasteiger partial charge on any atom is 0.336 e. The van der Waals surface area contributed by atoms with Gasteiger partial charge in [0.15, 0.2) is 11.5 Å². The van der Waals surface area contributed by atoms with Gasteiger partial charge in [0.25, 0.3) is 0 Å². The van der Waals surface area contributed by atoms with Crippen LogP contribution in [0, 0.1) is 0 Å². The zero-order valence-corrected chi connectivity index (χ0v) is 12.9. The molecule has 0 bridgehead atoms. The van der Waals surface area contributed by atoms with E-state index in [0.29, 0.717) is 28.1 Å². The van der Waals surface area contributed by atoms with E-state index >= 15 is 0 Å². The second-order valence-electron chi connectivity index (χ2n) is 4.99. The quantitative estimate of drug-likeness (QED) is 0.795. The SMILES string of the molecule is COc1cc2nc(-c3cnn(C)c3)cc(C(=O)O)c2cc1OC. The summed E-state index contributed by atoms with van der Waals surface area (Å²) >= 11 is 0. The summed E-state index contributed by atoms with van der Waals surface area (Å²) in [6, 6.07) is 4.83. The molecular formula is C16H15N3O4. The number of hydrogen-bond donors (Lipinski definition) is 1. The van der Waals surface area contributed by atoms with E-state index in [9.17, 15) is 9.90 Å². The molecule has 0 fully saturated rings. The zero-order chi connectivity index (χ0) is 16.6. The Bertz CT molecular complexity index is 902. The molecule has 0 saturated carbocycles. The molecular weight excluding hydrogens is 298 g/mol. The third-order valence-corrected chi connectivity index (χ3v) is 3.55. The van der Waals surface area contributed by atoms with Gasteiger partial charge in [-0.2, -0.15) is 5.10 Å². The van der Waals surface area contributed by atoms with Crippen molar-refractivity contribution in [3.63, 3.8) is 0 Å². The van der Waals surface area contributed by atoms with Crippen LogP contribution >= 0.6 is 0 Å². The highest BCUT2D eigenvalue weighted by molar-refractivity contribution is 6.04. The van der Waals surface area contributed by atoms with Gasteiger partial charge in [0, 0.05) is 30.3 Å². The van der Waals surface area contributed by atoms with Crippen LogP contribution in [0.2, 0.25) is 0 Å². The summed E-state index contributed by atoms with van der Waals surface area (Å²) in [5, 5.41) is 14.1. The first-order chi connectivity index (χ1) is 11.0. The number of carboxylic acids is 1. The van der Waals surface area contributed by atoms with E-state index in [0.717, 1.165) is 5.56 Å². The van der Waals surface area contributed by atoms with Crippen molar-refractivity contribution in [1.82, 2.24) is 14.8 Å². The molecule has 0 atom stereocenters. The lowest BCUT2D eigenvalue weighted by atomic mass is 10.0. The van der Waals surface area contributed by atoms with E-state index in [4.69, 9.17) is 9.47 Å². The normalized spacial score (nSPS) is 10.7. The lowest BCUT2D eigenvalue weighted by Gasteiger charge is -2.11. The number of carbonyl (C=O) groups is 1. The Labute approximate surface area is 132 Å². The summed E-state index contributed by atoms with van der Waals surface area (Å²) in [6.07, 6.45) is 3.42. The Kier molecular flexibility index (Phi) is 3.61. The molecule has 0 amide bonds. The van der Waals surface area contributed by atoms with Crippen LogP contribution in [0.1, 0.15) is 10.4 Å². The molecule has 0 unspecified atom stereocenters. The Morgan fingerprint density at radius 1 is 1.17 bits per heavy atom. The summed E-state index contributed by atoms with van der Waals surface area (Å²) in [6.45, 7) is 0. The third-order valence-electron chi connectivity index (χ3n) is 3.55. The Morgan fingerprint density at radius 2 is 1.87 bits per heavy atom. The van der Waals surface area contributed by atoms with Crippen molar-refractivity contribution >= 4 is 16.9 Å². The fraction of sp³-hybridized carbons (Fsp3) is 0.188. The molecule has 2 aromatic heterocycles. The predicted octanol–water partition coefficient (Wildman–Crippen LogP) is 2.35. The van der Waals surface area contributed by atoms with Crippen LogP contribution in [-0.4, -0.2) is 40.1 Å². The van der Waals surface area contributed by atoms with Gasteiger partial charge in [-0.25, -0.2) is 9.78 Å². The van der Waals surface area contributed by atoms with Gasteiger partial charge in [-0.05, 0) is 12.1 Å². The minimum atomic E-state index is -1.03. The minimum absolute atomic E-state index is 0.148. The predicted molar refractivity (Wildman–Crippen MR) is 84.0 cm³/mol. The summed E-state index contributed by atoms with van der Waals surface area (Å²) < 4.78 is 12.1. The number of methoxy groups -OCH3 is 2. The number of pyridine rings is 1. The number of rotatable bonds is 4. The van der Waals surface area contributed by atoms with Crippen molar-refractivity contribution in [3.8, 4) is 22.8 Å². The average Bonchev–Trinajstić information content (AvgIpc) is 2.98. The first kappa shape index (κ1) is 14.8. The maximum atomic E-state index is 11.6. The van der Waals surface area contributed by atoms with Crippen molar-refractivity contribution in [1.29, 1.82) is 0 Å². The molecule has 0 spiro atoms. The monoisotopic (exact) mass is 313 g/mol. The van der Waals surface area contributed by atoms with E-state index in [-0.39, 0.29) is 5.56 Å². The number of hydrogen-bond acceptors (Lipinski definition) is 5. The molecule has 7 nitrogen and oxygen atoms in total. The topological polar surface area (TPSA) is 86.5 Å². The Balaban J connectivity index is 2.32. The maximum absolute atomic E-state index is 11.6. The second-order valence-corrected chi connectivity index (χ2v) is 4.99. The first-order valence-electron chi connectivity index (χ1n) is 6.82. The van der Waals surface area contributed by atoms with Gasteiger partial charge in [-0.15, -0.1) is 0 Å². The second kappa shape index (κ2) is 5.60. The van der Waals surface area contributed by atoms with Gasteiger partial charge >= 0.3 is 5.97 Å². The molecule has 2 heterocycles. The summed E-state index contributed by atoms with van der Waals surface area (Å²) in [5.74, 6) is -0.0830. The number of ether oxygens (including phenoxy) is 2. The average molecular weight is 313 g/mol. The summed E-state index contributed by atoms with van der Waals surface area (Å²) in [5.41, 5.74) is 1.94. The van der Waals surface area contributed by atoms with Crippen molar-refractivity contribution in [3.05, 3.63) is 36.2 Å². The number of aromatic nitrogens is 3. The van der Waals surface area contributed by atoms with Gasteiger partial charge in [0.2, 0.25) is 0 Å². The highest BCUT2D eigenvalue weighted by Gasteiger charge is 2.17. The fourth-order valence-corrected chi connectivity index (χ4v) is 2.43. The number of nitrogens with zero attached hydrogens (tertiary/aromatic N) is 3. The summed E-state index contributed by atoms with van der Waals surface area (Å²) in [4.78, 5) is 16.2. The number of carboxylic acid groups (broad SMARTS) is 1. The van der Waals surface area contributed by atoms with E-state index < -0.39 is 5.97 Å². The first-order valence-corrected chi connectivity index (χ1v) is 6.82. The highest BCUT2D eigenvalue weighted by Crippen LogP contribution is 2.34. The summed E-state index contributed by atoms with van der Waals surface area (Å²) in [7, 11) is 4.81. The lowest BCUT2D eigenvalue weighted by Crippen LogP contribution is -2.01. The number of fused-ring (bicyclic) bond motifs is 1. The largest absolute Gasteiger partial charge is 0.493 e. The number of aromatic carboxylic acids is 1. The molecule has 7 heteroatoms. The standard InChI is InChI=1S/C16H15N3O4/c1-19-8-9(7-17-19)12-4-11(16(20)21)10-5-14(22-2)15(23-3)6-13(10)18-12/h4-8H,1-3H3,(H,20,21). The molecule has 23 heavy (non-hydrogen) atoms. The van der Waals surface area contributed by atoms with Crippen molar-refractivity contribution in [2.75, 3.05) is 14.2 Å². The van der Waals surface area contributed by atoms with Gasteiger partial charge in [-0.3, -0.25) is 4.68 Å². The molecule has 0 saturated heterocycles. The van der Waals surface area contributed by atoms with Crippen molar-refractivity contribution in [2.45, 2.75) is 0 Å². The third kappa shape index (κ3) is 2.57. The van der Waals surface area contributed by atoms with Gasteiger partial charge in [0.05, 0.1) is 37.2 Å². The molecule has 1 N–H and O–H groups in total. The van der Waals surface area contributed by atoms with Crippen molar-refractivity contribution in [2.24, 2.45) is 7.05 Å². The Hall–Kier alpha value is -3.09. The fourth-order valence-electron chi connectivity index (χ4n) is 2.43. The van der Waals surface area contributed by atoms with Crippen LogP contribution < -0.4 is 9.47 Å². The van der Waals surface area contributed by atoms with Crippen LogP contribution in [-0.2, 0) is 7.05 Å². The van der Waals surface area contributed by atoms with Crippen molar-refractivity contribution < 1.29 is 19.4 Å². The number of benzene rings is 1. The van der Waals surface area contributed by atoms with E-state index in [1.807, 2.05) is 0 Å². The smallest absolute Gasteiger partial charge is 0.336 e. The van der Waals surface area contributed by atoms with Crippen LogP contribution in [0.15, 0.2) is 30.6 Å². The zero-order valence-electron chi connectivity index (χ0n) is 12.9. The van der Waals surface area contributed by atoms with Gasteiger partial charge in [0.1, 0.15) is 0 Å². The van der Waals surface area contributed by atoms with Gasteiger partial charge < -0.3 is 14.6 Å². The van der Waals surface area contributed by atoms with Crippen LogP contribution in [0.4, 0.5) is 0 Å². The van der Waals surface area contributed by atoms with E-state index in [1.54, 1.807) is 36.3 Å². The number of aryl methyl sites for hydroxylation is 1. The van der Waals surface area contributed by atoms with Crippen LogP contribution in [0.3, 0.4) is 0 Å². The van der Waals surface area contributed by atoms with Gasteiger partial charge in [-0.1, -0.05) is 0 Å². The van der Waals surface area contributed by atoms with Crippen LogP contribution in [0.25, 0.3) is 22.2 Å².